The molecule has 1 saturated heterocycles. The molecule has 1 aliphatic rings. The van der Waals surface area contributed by atoms with Crippen LogP contribution in [0.4, 0.5) is 5.69 Å². The van der Waals surface area contributed by atoms with Gasteiger partial charge in [-0.3, -0.25) is 9.59 Å². The number of piperidine rings is 1. The molecule has 0 unspecified atom stereocenters. The molecule has 26 heavy (non-hydrogen) atoms. The first kappa shape index (κ1) is 20.4. The maximum absolute atomic E-state index is 12.5. The number of benzene rings is 1. The van der Waals surface area contributed by atoms with Crippen LogP contribution in [0.1, 0.15) is 46.5 Å². The van der Waals surface area contributed by atoms with E-state index in [0.29, 0.717) is 25.4 Å². The lowest BCUT2D eigenvalue weighted by Crippen LogP contribution is -2.47. The number of carbonyl (C=O) groups is 2. The molecular formula is C21H32N2O3. The van der Waals surface area contributed by atoms with Gasteiger partial charge < -0.3 is 14.5 Å². The second-order valence-electron chi connectivity index (χ2n) is 7.35. The number of carbonyl (C=O) groups excluding carboxylic acids is 2. The van der Waals surface area contributed by atoms with Crippen LogP contribution in [0.2, 0.25) is 0 Å². The van der Waals surface area contributed by atoms with Gasteiger partial charge in [-0.15, -0.1) is 0 Å². The van der Waals surface area contributed by atoms with E-state index in [1.54, 1.807) is 0 Å². The average molecular weight is 360 g/mol. The van der Waals surface area contributed by atoms with Crippen LogP contribution < -0.4 is 4.90 Å². The number of esters is 1. The van der Waals surface area contributed by atoms with E-state index >= 15 is 0 Å². The second kappa shape index (κ2) is 10.3. The average Bonchev–Trinajstić information content (AvgIpc) is 2.66. The van der Waals surface area contributed by atoms with Crippen LogP contribution >= 0.6 is 0 Å². The van der Waals surface area contributed by atoms with E-state index in [2.05, 4.69) is 4.90 Å². The van der Waals surface area contributed by atoms with Crippen LogP contribution in [0.5, 0.6) is 0 Å². The highest BCUT2D eigenvalue weighted by atomic mass is 16.5. The fourth-order valence-corrected chi connectivity index (χ4v) is 3.30. The molecule has 1 aromatic rings. The summed E-state index contributed by atoms with van der Waals surface area (Å²) in [5.41, 5.74) is 0.982. The smallest absolute Gasteiger partial charge is 0.307 e. The fraction of sp³-hybridized carbons (Fsp3) is 0.619. The van der Waals surface area contributed by atoms with Crippen molar-refractivity contribution in [2.75, 3.05) is 31.1 Å². The van der Waals surface area contributed by atoms with Gasteiger partial charge in [0.25, 0.3) is 0 Å². The van der Waals surface area contributed by atoms with Crippen molar-refractivity contribution in [1.29, 1.82) is 0 Å². The van der Waals surface area contributed by atoms with Crippen LogP contribution in [-0.2, 0) is 14.3 Å². The number of para-hydroxylation sites is 1. The largest absolute Gasteiger partial charge is 0.465 e. The standard InChI is InChI=1S/C21H32N2O3/c1-4-20(24)23(18-8-6-5-7-9-18)19-10-13-22(14-11-19)15-12-21(25)26-16-17(2)3/h5-9,17,19H,4,10-16H2,1-3H3. The molecule has 0 radical (unpaired) electrons. The van der Waals surface area contributed by atoms with Crippen molar-refractivity contribution in [1.82, 2.24) is 4.90 Å². The number of nitrogens with zero attached hydrogens (tertiary/aromatic N) is 2. The molecule has 5 heteroatoms. The number of rotatable bonds is 8. The second-order valence-corrected chi connectivity index (χ2v) is 7.35. The molecule has 1 aromatic carbocycles. The molecule has 0 N–H and O–H groups in total. The van der Waals surface area contributed by atoms with Crippen molar-refractivity contribution in [3.63, 3.8) is 0 Å². The zero-order valence-corrected chi connectivity index (χ0v) is 16.3. The quantitative estimate of drug-likeness (QED) is 0.666. The maximum atomic E-state index is 12.5. The molecule has 0 saturated carbocycles. The molecule has 1 heterocycles. The van der Waals surface area contributed by atoms with Gasteiger partial charge in [0.05, 0.1) is 13.0 Å². The minimum absolute atomic E-state index is 0.118. The molecular weight excluding hydrogens is 328 g/mol. The highest BCUT2D eigenvalue weighted by molar-refractivity contribution is 5.93. The summed E-state index contributed by atoms with van der Waals surface area (Å²) in [6, 6.07) is 10.2. The summed E-state index contributed by atoms with van der Waals surface area (Å²) in [7, 11) is 0. The van der Waals surface area contributed by atoms with E-state index in [-0.39, 0.29) is 17.9 Å². The SMILES string of the molecule is CCC(=O)N(c1ccccc1)C1CCN(CCC(=O)OCC(C)C)CC1. The Hall–Kier alpha value is -1.88. The highest BCUT2D eigenvalue weighted by Gasteiger charge is 2.28. The molecule has 1 aliphatic heterocycles. The summed E-state index contributed by atoms with van der Waals surface area (Å²) in [4.78, 5) is 28.5. The van der Waals surface area contributed by atoms with Gasteiger partial charge in [-0.2, -0.15) is 0 Å². The maximum Gasteiger partial charge on any atom is 0.307 e. The zero-order chi connectivity index (χ0) is 18.9. The van der Waals surface area contributed by atoms with E-state index in [4.69, 9.17) is 4.74 Å². The fourth-order valence-electron chi connectivity index (χ4n) is 3.30. The van der Waals surface area contributed by atoms with Gasteiger partial charge in [0.2, 0.25) is 5.91 Å². The number of hydrogen-bond donors (Lipinski definition) is 0. The third kappa shape index (κ3) is 6.13. The van der Waals surface area contributed by atoms with E-state index in [1.165, 1.54) is 0 Å². The molecule has 2 rings (SSSR count). The monoisotopic (exact) mass is 360 g/mol. The van der Waals surface area contributed by atoms with Gasteiger partial charge in [0.1, 0.15) is 0 Å². The van der Waals surface area contributed by atoms with E-state index in [9.17, 15) is 9.59 Å². The third-order valence-electron chi connectivity index (χ3n) is 4.74. The number of anilines is 1. The van der Waals surface area contributed by atoms with Crippen LogP contribution in [0.15, 0.2) is 30.3 Å². The lowest BCUT2D eigenvalue weighted by Gasteiger charge is -2.38. The predicted octanol–water partition coefficient (Wildman–Crippen LogP) is 3.48. The molecule has 0 aliphatic carbocycles. The van der Waals surface area contributed by atoms with Crippen molar-refractivity contribution in [2.24, 2.45) is 5.92 Å². The summed E-state index contributed by atoms with van der Waals surface area (Å²) in [5.74, 6) is 0.426. The molecule has 0 aromatic heterocycles. The van der Waals surface area contributed by atoms with Crippen molar-refractivity contribution in [2.45, 2.75) is 52.5 Å². The number of likely N-dealkylation sites (tertiary alicyclic amines) is 1. The Labute approximate surface area is 157 Å². The summed E-state index contributed by atoms with van der Waals surface area (Å²) < 4.78 is 5.24. The third-order valence-corrected chi connectivity index (χ3v) is 4.74. The first-order valence-corrected chi connectivity index (χ1v) is 9.76. The highest BCUT2D eigenvalue weighted by Crippen LogP contribution is 2.24. The zero-order valence-electron chi connectivity index (χ0n) is 16.3. The molecule has 144 valence electrons. The van der Waals surface area contributed by atoms with Crippen molar-refractivity contribution in [3.8, 4) is 0 Å². The number of hydrogen-bond acceptors (Lipinski definition) is 4. The summed E-state index contributed by atoms with van der Waals surface area (Å²) in [6.07, 6.45) is 2.81. The first-order chi connectivity index (χ1) is 12.5. The minimum Gasteiger partial charge on any atom is -0.465 e. The first-order valence-electron chi connectivity index (χ1n) is 9.76. The Morgan fingerprint density at radius 1 is 1.19 bits per heavy atom. The van der Waals surface area contributed by atoms with Gasteiger partial charge in [0, 0.05) is 37.8 Å². The van der Waals surface area contributed by atoms with Crippen LogP contribution in [0.3, 0.4) is 0 Å². The van der Waals surface area contributed by atoms with Crippen LogP contribution in [0, 0.1) is 5.92 Å². The van der Waals surface area contributed by atoms with Crippen molar-refractivity contribution in [3.05, 3.63) is 30.3 Å². The minimum atomic E-state index is -0.118. The molecule has 0 spiro atoms. The molecule has 0 bridgehead atoms. The molecule has 1 fully saturated rings. The lowest BCUT2D eigenvalue weighted by molar-refractivity contribution is -0.145. The van der Waals surface area contributed by atoms with Gasteiger partial charge in [-0.05, 0) is 30.9 Å². The molecule has 1 amide bonds. The van der Waals surface area contributed by atoms with Crippen molar-refractivity contribution >= 4 is 17.6 Å². The summed E-state index contributed by atoms with van der Waals surface area (Å²) >= 11 is 0. The van der Waals surface area contributed by atoms with Gasteiger partial charge >= 0.3 is 5.97 Å². The number of amides is 1. The normalized spacial score (nSPS) is 15.8. The van der Waals surface area contributed by atoms with Crippen LogP contribution in [-0.4, -0.2) is 49.1 Å². The van der Waals surface area contributed by atoms with Crippen molar-refractivity contribution < 1.29 is 14.3 Å². The Balaban J connectivity index is 1.84. The van der Waals surface area contributed by atoms with Gasteiger partial charge in [-0.1, -0.05) is 39.0 Å². The number of ether oxygens (including phenoxy) is 1. The molecule has 5 nitrogen and oxygen atoms in total. The Morgan fingerprint density at radius 2 is 1.85 bits per heavy atom. The van der Waals surface area contributed by atoms with E-state index in [1.807, 2.05) is 56.0 Å². The lowest BCUT2D eigenvalue weighted by atomic mass is 10.0. The van der Waals surface area contributed by atoms with E-state index in [0.717, 1.165) is 38.2 Å². The summed E-state index contributed by atoms with van der Waals surface area (Å²) in [5, 5.41) is 0. The Kier molecular flexibility index (Phi) is 8.10. The topological polar surface area (TPSA) is 49.9 Å². The summed E-state index contributed by atoms with van der Waals surface area (Å²) in [6.45, 7) is 9.02. The van der Waals surface area contributed by atoms with Crippen LogP contribution in [0.25, 0.3) is 0 Å². The predicted molar refractivity (Wildman–Crippen MR) is 104 cm³/mol. The van der Waals surface area contributed by atoms with Gasteiger partial charge in [-0.25, -0.2) is 0 Å². The molecule has 0 atom stereocenters. The van der Waals surface area contributed by atoms with E-state index < -0.39 is 0 Å². The Bertz CT molecular complexity index is 566. The Morgan fingerprint density at radius 3 is 2.42 bits per heavy atom. The van der Waals surface area contributed by atoms with Gasteiger partial charge in [0.15, 0.2) is 0 Å².